The summed E-state index contributed by atoms with van der Waals surface area (Å²) in [7, 11) is 0. The molecule has 0 bridgehead atoms. The van der Waals surface area contributed by atoms with E-state index in [1.165, 1.54) is 6.21 Å². The molecule has 30 heavy (non-hydrogen) atoms. The summed E-state index contributed by atoms with van der Waals surface area (Å²) in [4.78, 5) is 16.7. The fourth-order valence-corrected chi connectivity index (χ4v) is 3.12. The Bertz CT molecular complexity index is 1200. The quantitative estimate of drug-likeness (QED) is 0.315. The number of para-hydroxylation sites is 1. The Morgan fingerprint density at radius 3 is 2.77 bits per heavy atom. The Kier molecular flexibility index (Phi) is 5.90. The van der Waals surface area contributed by atoms with Crippen LogP contribution < -0.4 is 10.2 Å². The van der Waals surface area contributed by atoms with E-state index in [0.29, 0.717) is 17.0 Å². The molecule has 2 aromatic carbocycles. The highest BCUT2D eigenvalue weighted by molar-refractivity contribution is 9.10. The number of nitrogens with zero attached hydrogens (tertiary/aromatic N) is 2. The van der Waals surface area contributed by atoms with Crippen molar-refractivity contribution in [3.05, 3.63) is 83.2 Å². The first-order valence-corrected chi connectivity index (χ1v) is 10.1. The van der Waals surface area contributed by atoms with Crippen molar-refractivity contribution in [3.8, 4) is 17.1 Å². The van der Waals surface area contributed by atoms with Crippen LogP contribution in [0.25, 0.3) is 22.2 Å². The van der Waals surface area contributed by atoms with Gasteiger partial charge in [-0.15, -0.1) is 0 Å². The van der Waals surface area contributed by atoms with E-state index in [2.05, 4.69) is 31.4 Å². The first kappa shape index (κ1) is 19.8. The Hall–Kier alpha value is -3.45. The number of ether oxygens (including phenoxy) is 1. The SMILES string of the molecule is C[C@H](Oc1cccc2cccnc12)C(=O)N/N=C\c1ccc(-c2ccc(Br)cc2)o1. The molecule has 0 saturated carbocycles. The van der Waals surface area contributed by atoms with Crippen LogP contribution in [0.15, 0.2) is 86.9 Å². The molecule has 1 amide bonds. The number of halogens is 1. The minimum atomic E-state index is -0.746. The summed E-state index contributed by atoms with van der Waals surface area (Å²) >= 11 is 3.41. The number of hydrogen-bond donors (Lipinski definition) is 1. The van der Waals surface area contributed by atoms with Crippen LogP contribution >= 0.6 is 15.9 Å². The van der Waals surface area contributed by atoms with Crippen LogP contribution in [0.1, 0.15) is 12.7 Å². The summed E-state index contributed by atoms with van der Waals surface area (Å²) in [5.41, 5.74) is 4.13. The Morgan fingerprint density at radius 1 is 1.13 bits per heavy atom. The first-order valence-electron chi connectivity index (χ1n) is 9.29. The predicted molar refractivity (Wildman–Crippen MR) is 119 cm³/mol. The van der Waals surface area contributed by atoms with Crippen molar-refractivity contribution in [3.63, 3.8) is 0 Å². The topological polar surface area (TPSA) is 76.7 Å². The molecule has 150 valence electrons. The molecular formula is C23H18BrN3O3. The Balaban J connectivity index is 1.37. The van der Waals surface area contributed by atoms with Crippen molar-refractivity contribution in [1.29, 1.82) is 0 Å². The molecule has 7 heteroatoms. The fourth-order valence-electron chi connectivity index (χ4n) is 2.86. The van der Waals surface area contributed by atoms with E-state index in [4.69, 9.17) is 9.15 Å². The number of fused-ring (bicyclic) bond motifs is 1. The standard InChI is InChI=1S/C23H18BrN3O3/c1-15(29-21-6-2-4-17-5-3-13-25-22(17)21)23(28)27-26-14-19-11-12-20(30-19)16-7-9-18(24)10-8-16/h2-15H,1H3,(H,27,28)/b26-14-/t15-/m0/s1. The molecule has 0 spiro atoms. The van der Waals surface area contributed by atoms with Crippen molar-refractivity contribution < 1.29 is 13.9 Å². The smallest absolute Gasteiger partial charge is 0.280 e. The van der Waals surface area contributed by atoms with Gasteiger partial charge >= 0.3 is 0 Å². The molecule has 1 N–H and O–H groups in total. The van der Waals surface area contributed by atoms with E-state index >= 15 is 0 Å². The number of pyridine rings is 1. The highest BCUT2D eigenvalue weighted by Crippen LogP contribution is 2.24. The van der Waals surface area contributed by atoms with Crippen LogP contribution in [0.5, 0.6) is 5.75 Å². The van der Waals surface area contributed by atoms with Crippen LogP contribution in [-0.4, -0.2) is 23.2 Å². The molecule has 1 atom stereocenters. The van der Waals surface area contributed by atoms with Gasteiger partial charge in [0.15, 0.2) is 6.10 Å². The van der Waals surface area contributed by atoms with Crippen LogP contribution in [0.4, 0.5) is 0 Å². The third-order valence-electron chi connectivity index (χ3n) is 4.39. The van der Waals surface area contributed by atoms with Crippen molar-refractivity contribution in [2.75, 3.05) is 0 Å². The highest BCUT2D eigenvalue weighted by atomic mass is 79.9. The van der Waals surface area contributed by atoms with Gasteiger partial charge in [-0.2, -0.15) is 5.10 Å². The van der Waals surface area contributed by atoms with E-state index < -0.39 is 6.10 Å². The number of carbonyl (C=O) groups excluding carboxylic acids is 1. The van der Waals surface area contributed by atoms with Gasteiger partial charge in [0.1, 0.15) is 22.8 Å². The van der Waals surface area contributed by atoms with Crippen molar-refractivity contribution in [2.45, 2.75) is 13.0 Å². The molecule has 0 aliphatic rings. The minimum absolute atomic E-state index is 0.376. The number of aromatic nitrogens is 1. The number of furan rings is 1. The zero-order chi connectivity index (χ0) is 20.9. The molecule has 4 rings (SSSR count). The fraction of sp³-hybridized carbons (Fsp3) is 0.0870. The van der Waals surface area contributed by atoms with Gasteiger partial charge in [-0.05, 0) is 43.3 Å². The molecule has 6 nitrogen and oxygen atoms in total. The molecular weight excluding hydrogens is 446 g/mol. The van der Waals surface area contributed by atoms with E-state index in [0.717, 1.165) is 21.2 Å². The van der Waals surface area contributed by atoms with Crippen molar-refractivity contribution in [2.24, 2.45) is 5.10 Å². The number of amides is 1. The maximum Gasteiger partial charge on any atom is 0.280 e. The third kappa shape index (κ3) is 4.58. The lowest BCUT2D eigenvalue weighted by atomic mass is 10.2. The van der Waals surface area contributed by atoms with Gasteiger partial charge < -0.3 is 9.15 Å². The molecule has 0 unspecified atom stereocenters. The highest BCUT2D eigenvalue weighted by Gasteiger charge is 2.15. The van der Waals surface area contributed by atoms with Crippen LogP contribution in [0, 0.1) is 0 Å². The van der Waals surface area contributed by atoms with Crippen LogP contribution in [0.3, 0.4) is 0 Å². The Labute approximate surface area is 181 Å². The average Bonchev–Trinajstić information content (AvgIpc) is 3.23. The molecule has 2 heterocycles. The predicted octanol–water partition coefficient (Wildman–Crippen LogP) is 5.17. The molecule has 0 aliphatic carbocycles. The molecule has 0 radical (unpaired) electrons. The summed E-state index contributed by atoms with van der Waals surface area (Å²) in [5.74, 6) is 1.42. The number of benzene rings is 2. The third-order valence-corrected chi connectivity index (χ3v) is 4.92. The first-order chi connectivity index (χ1) is 14.6. The minimum Gasteiger partial charge on any atom is -0.479 e. The lowest BCUT2D eigenvalue weighted by Gasteiger charge is -2.14. The summed E-state index contributed by atoms with van der Waals surface area (Å²) in [6.07, 6.45) is 2.40. The van der Waals surface area contributed by atoms with Crippen molar-refractivity contribution >= 4 is 39.0 Å². The van der Waals surface area contributed by atoms with Crippen LogP contribution in [0.2, 0.25) is 0 Å². The second-order valence-electron chi connectivity index (χ2n) is 6.53. The maximum atomic E-state index is 12.3. The van der Waals surface area contributed by atoms with E-state index in [1.54, 1.807) is 25.3 Å². The van der Waals surface area contributed by atoms with Gasteiger partial charge in [0.25, 0.3) is 5.91 Å². The second kappa shape index (κ2) is 8.92. The number of rotatable bonds is 6. The summed E-state index contributed by atoms with van der Waals surface area (Å²) in [6, 6.07) is 20.8. The van der Waals surface area contributed by atoms with E-state index in [9.17, 15) is 4.79 Å². The number of nitrogens with one attached hydrogen (secondary N) is 1. The van der Waals surface area contributed by atoms with Gasteiger partial charge in [-0.3, -0.25) is 9.78 Å². The normalized spacial score (nSPS) is 12.2. The van der Waals surface area contributed by atoms with E-state index in [-0.39, 0.29) is 5.91 Å². The number of hydrogen-bond acceptors (Lipinski definition) is 5. The number of carbonyl (C=O) groups is 1. The molecule has 0 saturated heterocycles. The summed E-state index contributed by atoms with van der Waals surface area (Å²) in [6.45, 7) is 1.66. The van der Waals surface area contributed by atoms with Crippen LogP contribution in [-0.2, 0) is 4.79 Å². The van der Waals surface area contributed by atoms with Gasteiger partial charge in [-0.1, -0.05) is 46.3 Å². The largest absolute Gasteiger partial charge is 0.479 e. The average molecular weight is 464 g/mol. The monoisotopic (exact) mass is 463 g/mol. The molecule has 4 aromatic rings. The van der Waals surface area contributed by atoms with Gasteiger partial charge in [0, 0.05) is 21.6 Å². The van der Waals surface area contributed by atoms with E-state index in [1.807, 2.05) is 54.6 Å². The molecule has 2 aromatic heterocycles. The second-order valence-corrected chi connectivity index (χ2v) is 7.45. The Morgan fingerprint density at radius 2 is 1.93 bits per heavy atom. The summed E-state index contributed by atoms with van der Waals surface area (Å²) < 4.78 is 12.5. The lowest BCUT2D eigenvalue weighted by molar-refractivity contribution is -0.127. The zero-order valence-electron chi connectivity index (χ0n) is 16.1. The van der Waals surface area contributed by atoms with Crippen molar-refractivity contribution in [1.82, 2.24) is 10.4 Å². The molecule has 0 fully saturated rings. The summed E-state index contributed by atoms with van der Waals surface area (Å²) in [5, 5.41) is 4.91. The lowest BCUT2D eigenvalue weighted by Crippen LogP contribution is -2.33. The zero-order valence-corrected chi connectivity index (χ0v) is 17.7. The maximum absolute atomic E-state index is 12.3. The molecule has 0 aliphatic heterocycles. The van der Waals surface area contributed by atoms with Gasteiger partial charge in [0.2, 0.25) is 0 Å². The van der Waals surface area contributed by atoms with Gasteiger partial charge in [-0.25, -0.2) is 5.43 Å². The van der Waals surface area contributed by atoms with Gasteiger partial charge in [0.05, 0.1) is 6.21 Å². The number of hydrazone groups is 1.